The Hall–Kier alpha value is -2.08. The van der Waals surface area contributed by atoms with Crippen LogP contribution in [0.25, 0.3) is 0 Å². The van der Waals surface area contributed by atoms with Gasteiger partial charge in [0.2, 0.25) is 0 Å². The topological polar surface area (TPSA) is 82.3 Å². The van der Waals surface area contributed by atoms with E-state index >= 15 is 0 Å². The molecule has 0 aliphatic carbocycles. The first-order valence-corrected chi connectivity index (χ1v) is 8.17. The molecule has 1 aromatic rings. The lowest BCUT2D eigenvalue weighted by molar-refractivity contribution is 0.0920. The molecule has 0 saturated carbocycles. The molecule has 1 aliphatic rings. The Labute approximate surface area is 137 Å². The fourth-order valence-corrected chi connectivity index (χ4v) is 2.66. The largest absolute Gasteiger partial charge is 0.348 e. The lowest BCUT2D eigenvalue weighted by Crippen LogP contribution is -2.51. The van der Waals surface area contributed by atoms with E-state index < -0.39 is 0 Å². The second-order valence-electron chi connectivity index (χ2n) is 6.30. The molecule has 6 heteroatoms. The van der Waals surface area contributed by atoms with Gasteiger partial charge in [-0.15, -0.1) is 0 Å². The first kappa shape index (κ1) is 17.3. The minimum absolute atomic E-state index is 0.0572. The van der Waals surface area contributed by atoms with Crippen LogP contribution in [-0.4, -0.2) is 36.6 Å². The SMILES string of the molecule is CC(C)NC(=O)Nc1cccc(C(=O)NC2CCCNC2C)c1. The Kier molecular flexibility index (Phi) is 5.98. The molecule has 1 aliphatic heterocycles. The molecule has 2 unspecified atom stereocenters. The predicted octanol–water partition coefficient (Wildman–Crippen LogP) is 2.09. The zero-order valence-electron chi connectivity index (χ0n) is 14.0. The highest BCUT2D eigenvalue weighted by atomic mass is 16.2. The van der Waals surface area contributed by atoms with Crippen molar-refractivity contribution in [1.82, 2.24) is 16.0 Å². The van der Waals surface area contributed by atoms with Gasteiger partial charge >= 0.3 is 6.03 Å². The molecule has 2 rings (SSSR count). The van der Waals surface area contributed by atoms with Crippen LogP contribution in [0.2, 0.25) is 0 Å². The van der Waals surface area contributed by atoms with Crippen LogP contribution in [0.15, 0.2) is 24.3 Å². The predicted molar refractivity (Wildman–Crippen MR) is 91.7 cm³/mol. The summed E-state index contributed by atoms with van der Waals surface area (Å²) in [7, 11) is 0. The number of amides is 3. The van der Waals surface area contributed by atoms with Gasteiger partial charge in [-0.25, -0.2) is 4.79 Å². The van der Waals surface area contributed by atoms with E-state index in [0.29, 0.717) is 11.3 Å². The maximum Gasteiger partial charge on any atom is 0.319 e. The third-order valence-electron chi connectivity index (χ3n) is 3.88. The van der Waals surface area contributed by atoms with Crippen molar-refractivity contribution in [2.24, 2.45) is 0 Å². The molecule has 1 heterocycles. The molecule has 0 radical (unpaired) electrons. The van der Waals surface area contributed by atoms with Gasteiger partial charge in [0.15, 0.2) is 0 Å². The van der Waals surface area contributed by atoms with Crippen LogP contribution >= 0.6 is 0 Å². The normalized spacial score (nSPS) is 20.9. The average molecular weight is 318 g/mol. The Morgan fingerprint density at radius 3 is 2.78 bits per heavy atom. The molecule has 1 saturated heterocycles. The smallest absolute Gasteiger partial charge is 0.319 e. The summed E-state index contributed by atoms with van der Waals surface area (Å²) < 4.78 is 0. The maximum absolute atomic E-state index is 12.4. The molecule has 6 nitrogen and oxygen atoms in total. The van der Waals surface area contributed by atoms with Crippen molar-refractivity contribution >= 4 is 17.6 Å². The zero-order chi connectivity index (χ0) is 16.8. The maximum atomic E-state index is 12.4. The van der Waals surface area contributed by atoms with E-state index in [9.17, 15) is 9.59 Å². The minimum atomic E-state index is -0.275. The molecule has 3 amide bonds. The number of carbonyl (C=O) groups is 2. The van der Waals surface area contributed by atoms with Crippen molar-refractivity contribution in [1.29, 1.82) is 0 Å². The van der Waals surface area contributed by atoms with Gasteiger partial charge in [0.25, 0.3) is 5.91 Å². The van der Waals surface area contributed by atoms with Gasteiger partial charge in [0, 0.05) is 29.4 Å². The van der Waals surface area contributed by atoms with Crippen LogP contribution in [0, 0.1) is 0 Å². The molecule has 0 aromatic heterocycles. The summed E-state index contributed by atoms with van der Waals surface area (Å²) in [5, 5.41) is 11.9. The van der Waals surface area contributed by atoms with Crippen LogP contribution in [0.3, 0.4) is 0 Å². The molecule has 2 atom stereocenters. The van der Waals surface area contributed by atoms with Crippen molar-refractivity contribution < 1.29 is 9.59 Å². The molecular formula is C17H26N4O2. The lowest BCUT2D eigenvalue weighted by Gasteiger charge is -2.30. The van der Waals surface area contributed by atoms with E-state index in [1.54, 1.807) is 24.3 Å². The van der Waals surface area contributed by atoms with Crippen LogP contribution in [0.5, 0.6) is 0 Å². The number of hydrogen-bond acceptors (Lipinski definition) is 3. The van der Waals surface area contributed by atoms with Gasteiger partial charge in [0.05, 0.1) is 0 Å². The number of anilines is 1. The standard InChI is InChI=1S/C17H26N4O2/c1-11(2)19-17(23)20-14-7-4-6-13(10-14)16(22)21-15-8-5-9-18-12(15)3/h4,6-7,10-12,15,18H,5,8-9H2,1-3H3,(H,21,22)(H2,19,20,23). The number of rotatable bonds is 4. The van der Waals surface area contributed by atoms with E-state index in [2.05, 4.69) is 28.2 Å². The third kappa shape index (κ3) is 5.25. The van der Waals surface area contributed by atoms with E-state index in [1.807, 2.05) is 13.8 Å². The third-order valence-corrected chi connectivity index (χ3v) is 3.88. The Balaban J connectivity index is 1.98. The summed E-state index contributed by atoms with van der Waals surface area (Å²) in [5.41, 5.74) is 1.15. The van der Waals surface area contributed by atoms with Crippen LogP contribution < -0.4 is 21.3 Å². The Morgan fingerprint density at radius 2 is 2.09 bits per heavy atom. The second kappa shape index (κ2) is 7.97. The van der Waals surface area contributed by atoms with Crippen LogP contribution in [0.4, 0.5) is 10.5 Å². The molecular weight excluding hydrogens is 292 g/mol. The summed E-state index contributed by atoms with van der Waals surface area (Å²) >= 11 is 0. The van der Waals surface area contributed by atoms with Gasteiger partial charge in [-0.1, -0.05) is 6.07 Å². The fraction of sp³-hybridized carbons (Fsp3) is 0.529. The minimum Gasteiger partial charge on any atom is -0.348 e. The zero-order valence-corrected chi connectivity index (χ0v) is 14.0. The second-order valence-corrected chi connectivity index (χ2v) is 6.30. The van der Waals surface area contributed by atoms with Crippen LogP contribution in [-0.2, 0) is 0 Å². The molecule has 0 bridgehead atoms. The summed E-state index contributed by atoms with van der Waals surface area (Å²) in [5.74, 6) is -0.113. The molecule has 126 valence electrons. The number of urea groups is 1. The van der Waals surface area contributed by atoms with Gasteiger partial charge in [0.1, 0.15) is 0 Å². The van der Waals surface area contributed by atoms with Gasteiger partial charge in [-0.2, -0.15) is 0 Å². The first-order chi connectivity index (χ1) is 11.0. The number of piperidine rings is 1. The summed E-state index contributed by atoms with van der Waals surface area (Å²) in [6.07, 6.45) is 2.04. The van der Waals surface area contributed by atoms with E-state index in [4.69, 9.17) is 0 Å². The van der Waals surface area contributed by atoms with Crippen LogP contribution in [0.1, 0.15) is 44.0 Å². The number of hydrogen-bond donors (Lipinski definition) is 4. The van der Waals surface area contributed by atoms with Gasteiger partial charge in [-0.05, 0) is 58.4 Å². The monoisotopic (exact) mass is 318 g/mol. The molecule has 1 fully saturated rings. The molecule has 0 spiro atoms. The Morgan fingerprint density at radius 1 is 1.30 bits per heavy atom. The number of nitrogens with one attached hydrogen (secondary N) is 4. The molecule has 4 N–H and O–H groups in total. The van der Waals surface area contributed by atoms with Crippen molar-refractivity contribution in [2.75, 3.05) is 11.9 Å². The van der Waals surface area contributed by atoms with Gasteiger partial charge < -0.3 is 21.3 Å². The van der Waals surface area contributed by atoms with E-state index in [0.717, 1.165) is 19.4 Å². The lowest BCUT2D eigenvalue weighted by atomic mass is 9.99. The van der Waals surface area contributed by atoms with Crippen molar-refractivity contribution in [3.63, 3.8) is 0 Å². The number of benzene rings is 1. The highest BCUT2D eigenvalue weighted by Gasteiger charge is 2.22. The fourth-order valence-electron chi connectivity index (χ4n) is 2.66. The highest BCUT2D eigenvalue weighted by molar-refractivity contribution is 5.97. The molecule has 23 heavy (non-hydrogen) atoms. The molecule has 1 aromatic carbocycles. The summed E-state index contributed by atoms with van der Waals surface area (Å²) in [6, 6.07) is 7.16. The van der Waals surface area contributed by atoms with Crippen molar-refractivity contribution in [2.45, 2.75) is 51.7 Å². The van der Waals surface area contributed by atoms with E-state index in [1.165, 1.54) is 0 Å². The van der Waals surface area contributed by atoms with E-state index in [-0.39, 0.29) is 30.1 Å². The highest BCUT2D eigenvalue weighted by Crippen LogP contribution is 2.13. The first-order valence-electron chi connectivity index (χ1n) is 8.17. The van der Waals surface area contributed by atoms with Crippen molar-refractivity contribution in [3.05, 3.63) is 29.8 Å². The quantitative estimate of drug-likeness (QED) is 0.686. The number of carbonyl (C=O) groups excluding carboxylic acids is 2. The van der Waals surface area contributed by atoms with Gasteiger partial charge in [-0.3, -0.25) is 4.79 Å². The Bertz CT molecular complexity index is 559. The summed E-state index contributed by atoms with van der Waals surface area (Å²) in [6.45, 7) is 6.86. The van der Waals surface area contributed by atoms with Crippen molar-refractivity contribution in [3.8, 4) is 0 Å². The summed E-state index contributed by atoms with van der Waals surface area (Å²) in [4.78, 5) is 24.1. The average Bonchev–Trinajstić information content (AvgIpc) is 2.49.